The zero-order chi connectivity index (χ0) is 18.7. The predicted molar refractivity (Wildman–Crippen MR) is 104 cm³/mol. The highest BCUT2D eigenvalue weighted by molar-refractivity contribution is 5.80. The largest absolute Gasteiger partial charge is 0.396 e. The summed E-state index contributed by atoms with van der Waals surface area (Å²) in [6.45, 7) is 10.3. The molecule has 1 aliphatic rings. The van der Waals surface area contributed by atoms with E-state index in [1.807, 2.05) is 0 Å². The standard InChI is InChI=1S/C19H38N4O2/c1-5-21-19(22-14-17(8-11-24)12-15(2)3)23-9-6-16(7-10-23)13-18(25)20-4/h15-17,24H,5-14H2,1-4H3,(H,20,25)(H,21,22). The van der Waals surface area contributed by atoms with Crippen LogP contribution < -0.4 is 10.6 Å². The van der Waals surface area contributed by atoms with Crippen LogP contribution >= 0.6 is 0 Å². The number of hydrogen-bond acceptors (Lipinski definition) is 3. The molecule has 25 heavy (non-hydrogen) atoms. The lowest BCUT2D eigenvalue weighted by Gasteiger charge is -2.34. The summed E-state index contributed by atoms with van der Waals surface area (Å²) in [4.78, 5) is 18.7. The molecule has 0 spiro atoms. The smallest absolute Gasteiger partial charge is 0.220 e. The number of likely N-dealkylation sites (tertiary alicyclic amines) is 1. The summed E-state index contributed by atoms with van der Waals surface area (Å²) in [5.74, 6) is 2.65. The van der Waals surface area contributed by atoms with Crippen molar-refractivity contribution in [1.82, 2.24) is 15.5 Å². The summed E-state index contributed by atoms with van der Waals surface area (Å²) >= 11 is 0. The maximum absolute atomic E-state index is 11.5. The van der Waals surface area contributed by atoms with Crippen molar-refractivity contribution in [2.24, 2.45) is 22.7 Å². The zero-order valence-corrected chi connectivity index (χ0v) is 16.6. The molecule has 0 aromatic heterocycles. The number of guanidine groups is 1. The number of aliphatic hydroxyl groups is 1. The molecule has 1 rings (SSSR count). The lowest BCUT2D eigenvalue weighted by molar-refractivity contribution is -0.121. The van der Waals surface area contributed by atoms with Gasteiger partial charge >= 0.3 is 0 Å². The van der Waals surface area contributed by atoms with Crippen molar-refractivity contribution in [1.29, 1.82) is 0 Å². The number of aliphatic hydroxyl groups excluding tert-OH is 1. The molecule has 0 saturated carbocycles. The number of nitrogens with zero attached hydrogens (tertiary/aromatic N) is 2. The Kier molecular flexibility index (Phi) is 10.5. The predicted octanol–water partition coefficient (Wildman–Crippen LogP) is 1.84. The Bertz CT molecular complexity index is 404. The average Bonchev–Trinajstić information content (AvgIpc) is 2.58. The molecule has 1 aliphatic heterocycles. The van der Waals surface area contributed by atoms with Crippen molar-refractivity contribution in [2.45, 2.75) is 52.9 Å². The minimum absolute atomic E-state index is 0.138. The first-order chi connectivity index (χ1) is 12.0. The minimum Gasteiger partial charge on any atom is -0.396 e. The van der Waals surface area contributed by atoms with E-state index in [0.717, 1.165) is 57.8 Å². The fourth-order valence-electron chi connectivity index (χ4n) is 3.49. The summed E-state index contributed by atoms with van der Waals surface area (Å²) in [5, 5.41) is 15.4. The Hall–Kier alpha value is -1.30. The van der Waals surface area contributed by atoms with Crippen molar-refractivity contribution >= 4 is 11.9 Å². The summed E-state index contributed by atoms with van der Waals surface area (Å²) in [5.41, 5.74) is 0. The highest BCUT2D eigenvalue weighted by atomic mass is 16.3. The first-order valence-corrected chi connectivity index (χ1v) is 9.84. The summed E-state index contributed by atoms with van der Waals surface area (Å²) in [7, 11) is 1.70. The van der Waals surface area contributed by atoms with Gasteiger partial charge in [0.1, 0.15) is 0 Å². The fourth-order valence-corrected chi connectivity index (χ4v) is 3.49. The molecule has 1 atom stereocenters. The Labute approximate surface area is 153 Å². The molecule has 1 fully saturated rings. The Balaban J connectivity index is 2.59. The molecular formula is C19H38N4O2. The number of nitrogens with one attached hydrogen (secondary N) is 2. The fraction of sp³-hybridized carbons (Fsp3) is 0.895. The van der Waals surface area contributed by atoms with Crippen LogP contribution in [0.2, 0.25) is 0 Å². The van der Waals surface area contributed by atoms with Crippen molar-refractivity contribution in [3.63, 3.8) is 0 Å². The normalized spacial score (nSPS) is 17.7. The van der Waals surface area contributed by atoms with Gasteiger partial charge in [-0.05, 0) is 50.4 Å². The molecule has 0 aliphatic carbocycles. The van der Waals surface area contributed by atoms with Crippen LogP contribution in [0, 0.1) is 17.8 Å². The first kappa shape index (κ1) is 21.7. The second-order valence-corrected chi connectivity index (χ2v) is 7.51. The molecule has 1 saturated heterocycles. The number of carbonyl (C=O) groups excluding carboxylic acids is 1. The quantitative estimate of drug-likeness (QED) is 0.436. The molecule has 6 heteroatoms. The van der Waals surface area contributed by atoms with Crippen molar-refractivity contribution in [2.75, 3.05) is 39.8 Å². The van der Waals surface area contributed by atoms with E-state index in [9.17, 15) is 9.90 Å². The third-order valence-electron chi connectivity index (χ3n) is 4.84. The first-order valence-electron chi connectivity index (χ1n) is 9.84. The monoisotopic (exact) mass is 354 g/mol. The topological polar surface area (TPSA) is 77.0 Å². The van der Waals surface area contributed by atoms with Gasteiger partial charge in [0.15, 0.2) is 5.96 Å². The van der Waals surface area contributed by atoms with Crippen molar-refractivity contribution < 1.29 is 9.90 Å². The van der Waals surface area contributed by atoms with Crippen LogP contribution in [0.1, 0.15) is 52.9 Å². The molecule has 1 unspecified atom stereocenters. The van der Waals surface area contributed by atoms with E-state index < -0.39 is 0 Å². The number of hydrogen-bond donors (Lipinski definition) is 3. The molecular weight excluding hydrogens is 316 g/mol. The molecule has 3 N–H and O–H groups in total. The zero-order valence-electron chi connectivity index (χ0n) is 16.6. The minimum atomic E-state index is 0.138. The molecule has 6 nitrogen and oxygen atoms in total. The third kappa shape index (κ3) is 8.56. The maximum atomic E-state index is 11.5. The molecule has 0 radical (unpaired) electrons. The van der Waals surface area contributed by atoms with Gasteiger partial charge in [0.25, 0.3) is 0 Å². The number of carbonyl (C=O) groups is 1. The second kappa shape index (κ2) is 12.1. The SMILES string of the molecule is CCNC(=NCC(CCO)CC(C)C)N1CCC(CC(=O)NC)CC1. The Morgan fingerprint density at radius 1 is 1.32 bits per heavy atom. The van der Waals surface area contributed by atoms with Gasteiger partial charge in [0, 0.05) is 46.3 Å². The maximum Gasteiger partial charge on any atom is 0.220 e. The van der Waals surface area contributed by atoms with Gasteiger partial charge < -0.3 is 20.6 Å². The van der Waals surface area contributed by atoms with E-state index in [4.69, 9.17) is 4.99 Å². The van der Waals surface area contributed by atoms with Crippen molar-refractivity contribution in [3.05, 3.63) is 0 Å². The third-order valence-corrected chi connectivity index (χ3v) is 4.84. The lowest BCUT2D eigenvalue weighted by Crippen LogP contribution is -2.46. The van der Waals surface area contributed by atoms with E-state index in [0.29, 0.717) is 24.2 Å². The highest BCUT2D eigenvalue weighted by Crippen LogP contribution is 2.21. The summed E-state index contributed by atoms with van der Waals surface area (Å²) < 4.78 is 0. The summed E-state index contributed by atoms with van der Waals surface area (Å²) in [6.07, 6.45) is 4.60. The Morgan fingerprint density at radius 2 is 2.00 bits per heavy atom. The highest BCUT2D eigenvalue weighted by Gasteiger charge is 2.23. The molecule has 0 aromatic carbocycles. The van der Waals surface area contributed by atoms with E-state index in [-0.39, 0.29) is 12.5 Å². The van der Waals surface area contributed by atoms with Gasteiger partial charge in [0.2, 0.25) is 5.91 Å². The number of aliphatic imine (C=N–C) groups is 1. The number of rotatable bonds is 9. The van der Waals surface area contributed by atoms with Gasteiger partial charge in [-0.3, -0.25) is 9.79 Å². The van der Waals surface area contributed by atoms with Crippen LogP contribution in [0.4, 0.5) is 0 Å². The Morgan fingerprint density at radius 3 is 2.52 bits per heavy atom. The van der Waals surface area contributed by atoms with Crippen LogP contribution in [0.15, 0.2) is 4.99 Å². The van der Waals surface area contributed by atoms with Gasteiger partial charge in [-0.25, -0.2) is 0 Å². The molecule has 146 valence electrons. The van der Waals surface area contributed by atoms with Gasteiger partial charge in [-0.15, -0.1) is 0 Å². The second-order valence-electron chi connectivity index (χ2n) is 7.51. The van der Waals surface area contributed by atoms with Crippen LogP contribution in [0.25, 0.3) is 0 Å². The van der Waals surface area contributed by atoms with E-state index in [1.54, 1.807) is 7.05 Å². The van der Waals surface area contributed by atoms with Crippen LogP contribution in [-0.4, -0.2) is 61.7 Å². The summed E-state index contributed by atoms with van der Waals surface area (Å²) in [6, 6.07) is 0. The van der Waals surface area contributed by atoms with Crippen molar-refractivity contribution in [3.8, 4) is 0 Å². The van der Waals surface area contributed by atoms with E-state index >= 15 is 0 Å². The molecule has 0 bridgehead atoms. The van der Waals surface area contributed by atoms with Gasteiger partial charge in [-0.1, -0.05) is 13.8 Å². The average molecular weight is 355 g/mol. The van der Waals surface area contributed by atoms with E-state index in [1.165, 1.54) is 0 Å². The molecule has 1 heterocycles. The van der Waals surface area contributed by atoms with Crippen LogP contribution in [-0.2, 0) is 4.79 Å². The lowest BCUT2D eigenvalue weighted by atomic mass is 9.93. The van der Waals surface area contributed by atoms with Crippen LogP contribution in [0.3, 0.4) is 0 Å². The molecule has 0 aromatic rings. The molecule has 1 amide bonds. The van der Waals surface area contributed by atoms with Crippen LogP contribution in [0.5, 0.6) is 0 Å². The van der Waals surface area contributed by atoms with Gasteiger partial charge in [-0.2, -0.15) is 0 Å². The number of amides is 1. The van der Waals surface area contributed by atoms with E-state index in [2.05, 4.69) is 36.3 Å². The number of piperidine rings is 1. The van der Waals surface area contributed by atoms with Gasteiger partial charge in [0.05, 0.1) is 0 Å².